The maximum atomic E-state index is 13.4. The quantitative estimate of drug-likeness (QED) is 0.280. The molecule has 0 bridgehead atoms. The van der Waals surface area contributed by atoms with Crippen LogP contribution in [0.2, 0.25) is 5.02 Å². The van der Waals surface area contributed by atoms with Crippen LogP contribution in [0.15, 0.2) is 64.6 Å². The third kappa shape index (κ3) is 5.95. The predicted octanol–water partition coefficient (Wildman–Crippen LogP) is 5.71. The topological polar surface area (TPSA) is 105 Å². The highest BCUT2D eigenvalue weighted by Gasteiger charge is 2.37. The summed E-state index contributed by atoms with van der Waals surface area (Å²) in [5.74, 6) is -1.78. The molecule has 0 saturated carbocycles. The van der Waals surface area contributed by atoms with Gasteiger partial charge in [0.25, 0.3) is 17.7 Å². The Hall–Kier alpha value is -3.95. The summed E-state index contributed by atoms with van der Waals surface area (Å²) in [7, 11) is 0. The predicted molar refractivity (Wildman–Crippen MR) is 149 cm³/mol. The molecule has 38 heavy (non-hydrogen) atoms. The molecule has 194 valence electrons. The Labute approximate surface area is 232 Å². The van der Waals surface area contributed by atoms with Gasteiger partial charge in [-0.25, -0.2) is 9.69 Å². The Morgan fingerprint density at radius 1 is 1.03 bits per heavy atom. The van der Waals surface area contributed by atoms with Gasteiger partial charge in [-0.05, 0) is 79.9 Å². The number of barbiturate groups is 1. The van der Waals surface area contributed by atoms with Crippen molar-refractivity contribution in [3.8, 4) is 5.75 Å². The van der Waals surface area contributed by atoms with Crippen molar-refractivity contribution in [3.05, 3.63) is 91.9 Å². The minimum atomic E-state index is -0.878. The number of hydrogen-bond donors (Lipinski definition) is 2. The highest BCUT2D eigenvalue weighted by Crippen LogP contribution is 2.30. The molecule has 0 aliphatic carbocycles. The van der Waals surface area contributed by atoms with Gasteiger partial charge in [-0.1, -0.05) is 45.7 Å². The van der Waals surface area contributed by atoms with Crippen molar-refractivity contribution in [2.24, 2.45) is 0 Å². The van der Waals surface area contributed by atoms with Crippen LogP contribution in [0.3, 0.4) is 0 Å². The molecule has 1 aliphatic rings. The fourth-order valence-electron chi connectivity index (χ4n) is 3.82. The van der Waals surface area contributed by atoms with Crippen LogP contribution in [0.4, 0.5) is 16.2 Å². The van der Waals surface area contributed by atoms with Gasteiger partial charge >= 0.3 is 6.03 Å². The van der Waals surface area contributed by atoms with Crippen LogP contribution in [0.5, 0.6) is 5.75 Å². The first kappa shape index (κ1) is 27.1. The number of ether oxygens (including phenoxy) is 1. The number of anilines is 2. The highest BCUT2D eigenvalue weighted by molar-refractivity contribution is 9.10. The van der Waals surface area contributed by atoms with Crippen LogP contribution in [0, 0.1) is 20.8 Å². The fraction of sp³-hybridized carbons (Fsp3) is 0.143. The van der Waals surface area contributed by atoms with Gasteiger partial charge in [-0.3, -0.25) is 19.7 Å². The maximum Gasteiger partial charge on any atom is 0.335 e. The number of nitrogens with one attached hydrogen (secondary N) is 2. The summed E-state index contributed by atoms with van der Waals surface area (Å²) >= 11 is 9.46. The molecule has 1 saturated heterocycles. The van der Waals surface area contributed by atoms with Gasteiger partial charge in [0, 0.05) is 20.7 Å². The Bertz CT molecular complexity index is 1520. The molecule has 1 heterocycles. The maximum absolute atomic E-state index is 13.4. The van der Waals surface area contributed by atoms with Gasteiger partial charge in [-0.15, -0.1) is 0 Å². The van der Waals surface area contributed by atoms with Crippen molar-refractivity contribution in [1.29, 1.82) is 0 Å². The van der Waals surface area contributed by atoms with E-state index in [4.69, 9.17) is 16.3 Å². The van der Waals surface area contributed by atoms with Crippen molar-refractivity contribution in [2.45, 2.75) is 20.8 Å². The zero-order valence-electron chi connectivity index (χ0n) is 20.7. The Kier molecular flexibility index (Phi) is 7.99. The molecule has 3 aromatic rings. The summed E-state index contributed by atoms with van der Waals surface area (Å²) in [6.45, 7) is 5.23. The zero-order chi connectivity index (χ0) is 27.6. The lowest BCUT2D eigenvalue weighted by molar-refractivity contribution is -0.122. The van der Waals surface area contributed by atoms with E-state index >= 15 is 0 Å². The smallest absolute Gasteiger partial charge is 0.335 e. The summed E-state index contributed by atoms with van der Waals surface area (Å²) in [5, 5.41) is 5.35. The molecule has 0 unspecified atom stereocenters. The van der Waals surface area contributed by atoms with Crippen LogP contribution < -0.4 is 20.3 Å². The van der Waals surface area contributed by atoms with Crippen molar-refractivity contribution in [3.63, 3.8) is 0 Å². The minimum Gasteiger partial charge on any atom is -0.483 e. The van der Waals surface area contributed by atoms with Crippen LogP contribution >= 0.6 is 27.5 Å². The number of aryl methyl sites for hydroxylation is 3. The standard InChI is InChI=1S/C28H23BrClN3O5/c1-15-4-5-16(2)22(10-15)31-25(34)14-38-24-9-7-19(29)11-18(24)12-21-26(35)32-28(37)33(27(21)36)23-13-20(30)8-6-17(23)3/h4-13H,14H2,1-3H3,(H,31,34)(H,32,35,37)/b21-12+. The molecule has 1 fully saturated rings. The Morgan fingerprint density at radius 3 is 2.53 bits per heavy atom. The van der Waals surface area contributed by atoms with E-state index in [0.29, 0.717) is 26.3 Å². The van der Waals surface area contributed by atoms with Crippen molar-refractivity contribution in [2.75, 3.05) is 16.8 Å². The molecule has 10 heteroatoms. The van der Waals surface area contributed by atoms with Gasteiger partial charge in [-0.2, -0.15) is 0 Å². The summed E-state index contributed by atoms with van der Waals surface area (Å²) < 4.78 is 6.41. The lowest BCUT2D eigenvalue weighted by Crippen LogP contribution is -2.54. The second-order valence-electron chi connectivity index (χ2n) is 8.73. The monoisotopic (exact) mass is 595 g/mol. The normalized spacial score (nSPS) is 14.5. The third-order valence-corrected chi connectivity index (χ3v) is 6.54. The summed E-state index contributed by atoms with van der Waals surface area (Å²) in [6, 6.07) is 14.6. The first-order valence-electron chi connectivity index (χ1n) is 11.5. The van der Waals surface area contributed by atoms with E-state index in [9.17, 15) is 19.2 Å². The number of urea groups is 1. The Morgan fingerprint density at radius 2 is 1.76 bits per heavy atom. The van der Waals surface area contributed by atoms with E-state index in [2.05, 4.69) is 26.6 Å². The zero-order valence-corrected chi connectivity index (χ0v) is 23.1. The number of imide groups is 2. The van der Waals surface area contributed by atoms with E-state index in [-0.39, 0.29) is 29.5 Å². The average molecular weight is 597 g/mol. The first-order chi connectivity index (χ1) is 18.0. The van der Waals surface area contributed by atoms with E-state index in [1.807, 2.05) is 32.0 Å². The number of amides is 5. The number of nitrogens with zero attached hydrogens (tertiary/aromatic N) is 1. The van der Waals surface area contributed by atoms with Gasteiger partial charge in [0.15, 0.2) is 6.61 Å². The lowest BCUT2D eigenvalue weighted by Gasteiger charge is -2.27. The van der Waals surface area contributed by atoms with E-state index in [1.54, 1.807) is 37.3 Å². The second-order valence-corrected chi connectivity index (χ2v) is 10.1. The molecular formula is C28H23BrClN3O5. The van der Waals surface area contributed by atoms with Gasteiger partial charge in [0.1, 0.15) is 11.3 Å². The van der Waals surface area contributed by atoms with Crippen LogP contribution in [0.1, 0.15) is 22.3 Å². The molecule has 0 spiro atoms. The number of halogens is 2. The molecule has 5 amide bonds. The highest BCUT2D eigenvalue weighted by atomic mass is 79.9. The minimum absolute atomic E-state index is 0.257. The Balaban J connectivity index is 1.61. The third-order valence-electron chi connectivity index (χ3n) is 5.81. The van der Waals surface area contributed by atoms with Crippen molar-refractivity contribution >= 4 is 68.7 Å². The largest absolute Gasteiger partial charge is 0.483 e. The average Bonchev–Trinajstić information content (AvgIpc) is 2.85. The molecule has 0 radical (unpaired) electrons. The second kappa shape index (κ2) is 11.2. The van der Waals surface area contributed by atoms with E-state index < -0.39 is 17.8 Å². The molecule has 2 N–H and O–H groups in total. The summed E-state index contributed by atoms with van der Waals surface area (Å²) in [6.07, 6.45) is 1.32. The lowest BCUT2D eigenvalue weighted by atomic mass is 10.0. The van der Waals surface area contributed by atoms with E-state index in [1.165, 1.54) is 12.1 Å². The first-order valence-corrected chi connectivity index (χ1v) is 12.7. The molecule has 0 atom stereocenters. The fourth-order valence-corrected chi connectivity index (χ4v) is 4.36. The molecular weight excluding hydrogens is 574 g/mol. The number of rotatable bonds is 6. The summed E-state index contributed by atoms with van der Waals surface area (Å²) in [5.41, 5.74) is 3.54. The van der Waals surface area contributed by atoms with Gasteiger partial charge in [0.05, 0.1) is 5.69 Å². The molecule has 8 nitrogen and oxygen atoms in total. The SMILES string of the molecule is Cc1ccc(C)c(NC(=O)COc2ccc(Br)cc2/C=C2\C(=O)NC(=O)N(c3cc(Cl)ccc3C)C2=O)c1. The summed E-state index contributed by atoms with van der Waals surface area (Å²) in [4.78, 5) is 52.1. The van der Waals surface area contributed by atoms with Crippen LogP contribution in [0.25, 0.3) is 6.08 Å². The van der Waals surface area contributed by atoms with Gasteiger partial charge in [0.2, 0.25) is 0 Å². The van der Waals surface area contributed by atoms with Crippen LogP contribution in [-0.2, 0) is 14.4 Å². The molecule has 0 aromatic heterocycles. The number of carbonyl (C=O) groups excluding carboxylic acids is 4. The number of benzene rings is 3. The molecule has 1 aliphatic heterocycles. The molecule has 3 aromatic carbocycles. The van der Waals surface area contributed by atoms with Crippen molar-refractivity contribution < 1.29 is 23.9 Å². The van der Waals surface area contributed by atoms with E-state index in [0.717, 1.165) is 16.0 Å². The van der Waals surface area contributed by atoms with Gasteiger partial charge < -0.3 is 10.1 Å². The number of hydrogen-bond acceptors (Lipinski definition) is 5. The number of carbonyl (C=O) groups is 4. The molecule has 4 rings (SSSR count). The van der Waals surface area contributed by atoms with Crippen molar-refractivity contribution in [1.82, 2.24) is 5.32 Å². The van der Waals surface area contributed by atoms with Crippen LogP contribution in [-0.4, -0.2) is 30.4 Å².